The van der Waals surface area contributed by atoms with Crippen molar-refractivity contribution in [1.29, 1.82) is 0 Å². The Balaban J connectivity index is 2.17. The summed E-state index contributed by atoms with van der Waals surface area (Å²) in [5.74, 6) is 2.54. The Bertz CT molecular complexity index is 1350. The van der Waals surface area contributed by atoms with Gasteiger partial charge in [-0.25, -0.2) is 0 Å². The summed E-state index contributed by atoms with van der Waals surface area (Å²) in [5.41, 5.74) is 9.92. The third-order valence-corrected chi connectivity index (χ3v) is 6.01. The first kappa shape index (κ1) is 24.0. The van der Waals surface area contributed by atoms with Crippen LogP contribution in [-0.4, -0.2) is 34.3 Å². The van der Waals surface area contributed by atoms with Crippen LogP contribution in [0.15, 0.2) is 52.9 Å². The maximum Gasteiger partial charge on any atom is 0.249 e. The lowest BCUT2D eigenvalue weighted by molar-refractivity contribution is 0.100. The Morgan fingerprint density at radius 1 is 0.829 bits per heavy atom. The number of ether oxygens (including phenoxy) is 4. The average Bonchev–Trinajstić information content (AvgIpc) is 3.26. The summed E-state index contributed by atoms with van der Waals surface area (Å²) in [6, 6.07) is 14.9. The number of rotatable bonds is 9. The zero-order valence-corrected chi connectivity index (χ0v) is 20.6. The minimum atomic E-state index is -0.546. The molecule has 0 radical (unpaired) electrons. The van der Waals surface area contributed by atoms with Crippen molar-refractivity contribution in [2.24, 2.45) is 5.73 Å². The summed E-state index contributed by atoms with van der Waals surface area (Å²) >= 11 is 0. The average molecular weight is 476 g/mol. The van der Waals surface area contributed by atoms with E-state index in [1.807, 2.05) is 49.4 Å². The topological polar surface area (TPSA) is 93.2 Å². The first-order chi connectivity index (χ1) is 16.9. The van der Waals surface area contributed by atoms with E-state index in [2.05, 4.69) is 0 Å². The Labute approximate surface area is 204 Å². The number of nitrogens with two attached hydrogens (primary N) is 1. The van der Waals surface area contributed by atoms with Crippen LogP contribution in [0.3, 0.4) is 0 Å². The molecule has 182 valence electrons. The van der Waals surface area contributed by atoms with Crippen LogP contribution in [-0.2, 0) is 6.42 Å². The molecule has 1 amide bonds. The highest BCUT2D eigenvalue weighted by atomic mass is 16.5. The number of primary amides is 1. The highest BCUT2D eigenvalue weighted by Gasteiger charge is 2.27. The largest absolute Gasteiger partial charge is 0.497 e. The standard InChI is InChI=1S/C28H29NO6/c1-6-7-21-22(34-5)15-23-26(25(21)28(29)30)24(17-12-19(32-3)14-20(13-17)33-4)27(35-23)16-8-10-18(31-2)11-9-16/h8-15H,6-7H2,1-5H3,(H2,29,30). The van der Waals surface area contributed by atoms with E-state index in [0.717, 1.165) is 34.4 Å². The predicted molar refractivity (Wildman–Crippen MR) is 136 cm³/mol. The van der Waals surface area contributed by atoms with Crippen LogP contribution in [0.2, 0.25) is 0 Å². The van der Waals surface area contributed by atoms with Gasteiger partial charge in [-0.15, -0.1) is 0 Å². The molecule has 35 heavy (non-hydrogen) atoms. The maximum atomic E-state index is 12.9. The molecule has 0 aliphatic carbocycles. The van der Waals surface area contributed by atoms with Crippen molar-refractivity contribution >= 4 is 16.9 Å². The van der Waals surface area contributed by atoms with Gasteiger partial charge < -0.3 is 29.1 Å². The molecular formula is C28H29NO6. The molecule has 0 unspecified atom stereocenters. The van der Waals surface area contributed by atoms with Gasteiger partial charge in [0.1, 0.15) is 34.3 Å². The number of fused-ring (bicyclic) bond motifs is 1. The molecule has 0 aliphatic rings. The fraction of sp³-hybridized carbons (Fsp3) is 0.250. The van der Waals surface area contributed by atoms with Crippen molar-refractivity contribution < 1.29 is 28.2 Å². The number of carbonyl (C=O) groups is 1. The number of hydrogen-bond donors (Lipinski definition) is 1. The molecule has 1 heterocycles. The second kappa shape index (κ2) is 10.0. The third kappa shape index (κ3) is 4.37. The van der Waals surface area contributed by atoms with Gasteiger partial charge in [0.2, 0.25) is 5.91 Å². The van der Waals surface area contributed by atoms with Gasteiger partial charge in [-0.1, -0.05) is 13.3 Å². The van der Waals surface area contributed by atoms with Crippen LogP contribution >= 0.6 is 0 Å². The summed E-state index contributed by atoms with van der Waals surface area (Å²) in [6.45, 7) is 2.04. The zero-order valence-electron chi connectivity index (χ0n) is 20.6. The van der Waals surface area contributed by atoms with Crippen LogP contribution in [0.25, 0.3) is 33.4 Å². The Morgan fingerprint density at radius 3 is 1.97 bits per heavy atom. The Kier molecular flexibility index (Phi) is 6.87. The molecule has 0 bridgehead atoms. The molecule has 7 heteroatoms. The van der Waals surface area contributed by atoms with Gasteiger partial charge in [-0.2, -0.15) is 0 Å². The van der Waals surface area contributed by atoms with Gasteiger partial charge in [0, 0.05) is 34.2 Å². The molecule has 2 N–H and O–H groups in total. The number of benzene rings is 3. The number of amides is 1. The molecule has 0 saturated heterocycles. The number of hydrogen-bond acceptors (Lipinski definition) is 6. The summed E-state index contributed by atoms with van der Waals surface area (Å²) in [5, 5.41) is 0.628. The lowest BCUT2D eigenvalue weighted by Crippen LogP contribution is -2.15. The predicted octanol–water partition coefficient (Wildman–Crippen LogP) is 5.85. The molecule has 3 aromatic carbocycles. The molecule has 1 aromatic heterocycles. The van der Waals surface area contributed by atoms with E-state index in [1.165, 1.54) is 0 Å². The number of methoxy groups -OCH3 is 4. The van der Waals surface area contributed by atoms with Crippen LogP contribution < -0.4 is 24.7 Å². The highest BCUT2D eigenvalue weighted by Crippen LogP contribution is 2.47. The fourth-order valence-corrected chi connectivity index (χ4v) is 4.40. The SMILES string of the molecule is CCCc1c(OC)cc2oc(-c3ccc(OC)cc3)c(-c3cc(OC)cc(OC)c3)c2c1C(N)=O. The maximum absolute atomic E-state index is 12.9. The van der Waals surface area contributed by atoms with E-state index in [1.54, 1.807) is 34.5 Å². The van der Waals surface area contributed by atoms with Gasteiger partial charge in [0.05, 0.1) is 34.0 Å². The molecule has 4 rings (SSSR count). The highest BCUT2D eigenvalue weighted by molar-refractivity contribution is 6.15. The molecule has 0 fully saturated rings. The molecule has 0 saturated carbocycles. The summed E-state index contributed by atoms with van der Waals surface area (Å²) in [7, 11) is 6.38. The van der Waals surface area contributed by atoms with Crippen LogP contribution in [0.1, 0.15) is 29.3 Å². The van der Waals surface area contributed by atoms with Crippen molar-refractivity contribution in [3.63, 3.8) is 0 Å². The van der Waals surface area contributed by atoms with E-state index in [4.69, 9.17) is 29.1 Å². The summed E-state index contributed by atoms with van der Waals surface area (Å²) < 4.78 is 28.4. The first-order valence-corrected chi connectivity index (χ1v) is 11.3. The lowest BCUT2D eigenvalue weighted by atomic mass is 9.91. The molecule has 0 aliphatic heterocycles. The van der Waals surface area contributed by atoms with Gasteiger partial charge in [-0.3, -0.25) is 4.79 Å². The second-order valence-electron chi connectivity index (χ2n) is 8.06. The monoisotopic (exact) mass is 475 g/mol. The number of carbonyl (C=O) groups excluding carboxylic acids is 1. The molecule has 4 aromatic rings. The van der Waals surface area contributed by atoms with E-state index < -0.39 is 5.91 Å². The summed E-state index contributed by atoms with van der Waals surface area (Å²) in [4.78, 5) is 12.9. The smallest absolute Gasteiger partial charge is 0.249 e. The van der Waals surface area contributed by atoms with Crippen LogP contribution in [0, 0.1) is 0 Å². The molecule has 0 spiro atoms. The second-order valence-corrected chi connectivity index (χ2v) is 8.06. The van der Waals surface area contributed by atoms with E-state index in [9.17, 15) is 4.79 Å². The first-order valence-electron chi connectivity index (χ1n) is 11.3. The minimum Gasteiger partial charge on any atom is -0.497 e. The minimum absolute atomic E-state index is 0.390. The van der Waals surface area contributed by atoms with E-state index in [0.29, 0.717) is 46.0 Å². The summed E-state index contributed by atoms with van der Waals surface area (Å²) in [6.07, 6.45) is 1.44. The Hall–Kier alpha value is -4.13. The molecule has 7 nitrogen and oxygen atoms in total. The van der Waals surface area contributed by atoms with Crippen molar-refractivity contribution in [1.82, 2.24) is 0 Å². The van der Waals surface area contributed by atoms with Crippen molar-refractivity contribution in [3.8, 4) is 45.4 Å². The van der Waals surface area contributed by atoms with Gasteiger partial charge in [0.25, 0.3) is 0 Å². The normalized spacial score (nSPS) is 10.9. The van der Waals surface area contributed by atoms with Crippen LogP contribution in [0.5, 0.6) is 23.0 Å². The molecule has 0 atom stereocenters. The number of furan rings is 1. The van der Waals surface area contributed by atoms with E-state index >= 15 is 0 Å². The van der Waals surface area contributed by atoms with Gasteiger partial charge in [-0.05, 0) is 48.4 Å². The zero-order chi connectivity index (χ0) is 25.1. The Morgan fingerprint density at radius 2 is 1.46 bits per heavy atom. The van der Waals surface area contributed by atoms with Crippen molar-refractivity contribution in [2.45, 2.75) is 19.8 Å². The van der Waals surface area contributed by atoms with Crippen molar-refractivity contribution in [3.05, 3.63) is 59.7 Å². The van der Waals surface area contributed by atoms with Crippen molar-refractivity contribution in [2.75, 3.05) is 28.4 Å². The van der Waals surface area contributed by atoms with Gasteiger partial charge in [0.15, 0.2) is 0 Å². The lowest BCUT2D eigenvalue weighted by Gasteiger charge is -2.14. The van der Waals surface area contributed by atoms with E-state index in [-0.39, 0.29) is 0 Å². The van der Waals surface area contributed by atoms with Crippen LogP contribution in [0.4, 0.5) is 0 Å². The molecular weight excluding hydrogens is 446 g/mol. The fourth-order valence-electron chi connectivity index (χ4n) is 4.40. The quantitative estimate of drug-likeness (QED) is 0.326. The third-order valence-electron chi connectivity index (χ3n) is 6.01. The van der Waals surface area contributed by atoms with Gasteiger partial charge >= 0.3 is 0 Å².